The third-order valence-electron chi connectivity index (χ3n) is 4.72. The summed E-state index contributed by atoms with van der Waals surface area (Å²) in [4.78, 5) is 27.7. The van der Waals surface area contributed by atoms with Gasteiger partial charge in [-0.25, -0.2) is 13.4 Å². The molecule has 1 heterocycles. The molecule has 2 aromatic rings. The van der Waals surface area contributed by atoms with E-state index in [2.05, 4.69) is 4.98 Å². The summed E-state index contributed by atoms with van der Waals surface area (Å²) in [6.45, 7) is 8.33. The van der Waals surface area contributed by atoms with Gasteiger partial charge in [-0.3, -0.25) is 9.59 Å². The molecule has 1 aromatic carbocycles. The molecule has 0 bridgehead atoms. The van der Waals surface area contributed by atoms with E-state index in [-0.39, 0.29) is 11.3 Å². The zero-order valence-corrected chi connectivity index (χ0v) is 18.0. The molecule has 0 aliphatic rings. The molecule has 0 aliphatic carbocycles. The van der Waals surface area contributed by atoms with Crippen LogP contribution in [0.3, 0.4) is 0 Å². The number of sulfonamides is 1. The number of amides is 1. The number of aromatic nitrogens is 2. The van der Waals surface area contributed by atoms with Crippen LogP contribution in [0.1, 0.15) is 39.9 Å². The number of aryl methyl sites for hydroxylation is 2. The van der Waals surface area contributed by atoms with Crippen molar-refractivity contribution in [2.24, 2.45) is 5.73 Å². The molecule has 1 amide bonds. The van der Waals surface area contributed by atoms with Crippen LogP contribution in [0, 0.1) is 0 Å². The molecule has 2 rings (SSSR count). The van der Waals surface area contributed by atoms with Crippen molar-refractivity contribution in [2.75, 3.05) is 13.1 Å². The molecule has 1 aromatic heterocycles. The smallest absolute Gasteiger partial charge is 0.307 e. The highest BCUT2D eigenvalue weighted by atomic mass is 32.2. The van der Waals surface area contributed by atoms with Gasteiger partial charge in [0.1, 0.15) is 5.82 Å². The van der Waals surface area contributed by atoms with Gasteiger partial charge in [0, 0.05) is 26.1 Å². The minimum Gasteiger partial charge on any atom is -0.453 e. The first-order valence-electron chi connectivity index (χ1n) is 9.63. The van der Waals surface area contributed by atoms with Crippen molar-refractivity contribution >= 4 is 32.9 Å². The van der Waals surface area contributed by atoms with Crippen LogP contribution in [-0.2, 0) is 37.3 Å². The van der Waals surface area contributed by atoms with Gasteiger partial charge in [-0.05, 0) is 32.0 Å². The molecule has 160 valence electrons. The van der Waals surface area contributed by atoms with E-state index in [1.165, 1.54) is 11.2 Å². The van der Waals surface area contributed by atoms with Crippen LogP contribution in [0.2, 0.25) is 0 Å². The van der Waals surface area contributed by atoms with Gasteiger partial charge in [0.25, 0.3) is 5.91 Å². The van der Waals surface area contributed by atoms with Gasteiger partial charge >= 0.3 is 5.97 Å². The Morgan fingerprint density at radius 1 is 1.24 bits per heavy atom. The Kier molecular flexibility index (Phi) is 7.37. The number of hydrogen-bond donors (Lipinski definition) is 1. The lowest BCUT2D eigenvalue weighted by atomic mass is 10.3. The summed E-state index contributed by atoms with van der Waals surface area (Å²) in [7, 11) is -3.58. The molecule has 0 fully saturated rings. The van der Waals surface area contributed by atoms with Crippen LogP contribution in [-0.4, -0.2) is 53.3 Å². The number of imidazole rings is 1. The van der Waals surface area contributed by atoms with Crippen molar-refractivity contribution < 1.29 is 22.7 Å². The number of esters is 1. The molecule has 0 saturated carbocycles. The van der Waals surface area contributed by atoms with Gasteiger partial charge in [0.2, 0.25) is 10.0 Å². The second-order valence-electron chi connectivity index (χ2n) is 6.55. The van der Waals surface area contributed by atoms with Crippen LogP contribution < -0.4 is 5.73 Å². The molecule has 0 unspecified atom stereocenters. The van der Waals surface area contributed by atoms with Gasteiger partial charge in [0.05, 0.1) is 22.3 Å². The lowest BCUT2D eigenvalue weighted by Gasteiger charge is -2.18. The van der Waals surface area contributed by atoms with Crippen molar-refractivity contribution in [3.8, 4) is 0 Å². The summed E-state index contributed by atoms with van der Waals surface area (Å²) in [5.41, 5.74) is 6.44. The monoisotopic (exact) mass is 424 g/mol. The number of primary amides is 1. The van der Waals surface area contributed by atoms with Crippen LogP contribution in [0.5, 0.6) is 0 Å². The van der Waals surface area contributed by atoms with Gasteiger partial charge in [0.15, 0.2) is 6.10 Å². The highest BCUT2D eigenvalue weighted by Crippen LogP contribution is 2.23. The van der Waals surface area contributed by atoms with E-state index in [4.69, 9.17) is 10.5 Å². The molecule has 1 atom stereocenters. The van der Waals surface area contributed by atoms with Crippen LogP contribution >= 0.6 is 0 Å². The minimum atomic E-state index is -3.58. The molecule has 9 nitrogen and oxygen atoms in total. The molecular formula is C19H28N4O5S. The second kappa shape index (κ2) is 9.36. The van der Waals surface area contributed by atoms with E-state index < -0.39 is 28.0 Å². The second-order valence-corrected chi connectivity index (χ2v) is 8.48. The summed E-state index contributed by atoms with van der Waals surface area (Å²) < 4.78 is 33.8. The average molecular weight is 425 g/mol. The van der Waals surface area contributed by atoms with E-state index in [0.717, 1.165) is 5.52 Å². The predicted molar refractivity (Wildman–Crippen MR) is 109 cm³/mol. The molecule has 0 aliphatic heterocycles. The van der Waals surface area contributed by atoms with Gasteiger partial charge in [-0.1, -0.05) is 13.8 Å². The van der Waals surface area contributed by atoms with Crippen LogP contribution in [0.15, 0.2) is 23.1 Å². The van der Waals surface area contributed by atoms with E-state index in [9.17, 15) is 18.0 Å². The van der Waals surface area contributed by atoms with Crippen molar-refractivity contribution in [3.63, 3.8) is 0 Å². The number of rotatable bonds is 10. The molecule has 0 radical (unpaired) electrons. The highest BCUT2D eigenvalue weighted by molar-refractivity contribution is 7.89. The van der Waals surface area contributed by atoms with Crippen molar-refractivity contribution in [2.45, 2.75) is 58.1 Å². The largest absolute Gasteiger partial charge is 0.453 e. The Morgan fingerprint density at radius 2 is 1.90 bits per heavy atom. The molecule has 0 saturated heterocycles. The van der Waals surface area contributed by atoms with E-state index >= 15 is 0 Å². The number of nitrogens with two attached hydrogens (primary N) is 1. The Labute approximate surface area is 170 Å². The zero-order chi connectivity index (χ0) is 21.8. The Morgan fingerprint density at radius 3 is 2.45 bits per heavy atom. The maximum atomic E-state index is 12.8. The summed E-state index contributed by atoms with van der Waals surface area (Å²) in [6.07, 6.45) is -0.656. The van der Waals surface area contributed by atoms with Gasteiger partial charge < -0.3 is 15.0 Å². The number of fused-ring (bicyclic) bond motifs is 1. The normalized spacial score (nSPS) is 13.0. The fraction of sp³-hybridized carbons (Fsp3) is 0.526. The topological polar surface area (TPSA) is 125 Å². The Bertz CT molecular complexity index is 995. The molecule has 10 heteroatoms. The minimum absolute atomic E-state index is 0.0333. The fourth-order valence-electron chi connectivity index (χ4n) is 3.10. The zero-order valence-electron chi connectivity index (χ0n) is 17.2. The van der Waals surface area contributed by atoms with E-state index in [0.29, 0.717) is 37.4 Å². The SMILES string of the molecule is CCN(CC)S(=O)(=O)c1ccc2c(c1)nc(CCC(=O)O[C@@H](C)C(N)=O)n2CC. The Hall–Kier alpha value is -2.46. The molecule has 0 spiro atoms. The third-order valence-corrected chi connectivity index (χ3v) is 6.77. The van der Waals surface area contributed by atoms with Gasteiger partial charge in [-0.15, -0.1) is 0 Å². The molecule has 29 heavy (non-hydrogen) atoms. The van der Waals surface area contributed by atoms with Crippen LogP contribution in [0.4, 0.5) is 0 Å². The maximum absolute atomic E-state index is 12.8. The Balaban J connectivity index is 2.29. The number of carbonyl (C=O) groups is 2. The first-order chi connectivity index (χ1) is 13.6. The summed E-state index contributed by atoms with van der Waals surface area (Å²) >= 11 is 0. The van der Waals surface area contributed by atoms with Gasteiger partial charge in [-0.2, -0.15) is 4.31 Å². The van der Waals surface area contributed by atoms with Crippen molar-refractivity contribution in [1.82, 2.24) is 13.9 Å². The predicted octanol–water partition coefficient (Wildman–Crippen LogP) is 1.44. The lowest BCUT2D eigenvalue weighted by Crippen LogP contribution is -2.30. The molecule has 2 N–H and O–H groups in total. The number of benzene rings is 1. The number of hydrogen-bond acceptors (Lipinski definition) is 6. The first kappa shape index (κ1) is 22.8. The summed E-state index contributed by atoms with van der Waals surface area (Å²) in [6, 6.07) is 4.88. The van der Waals surface area contributed by atoms with Crippen molar-refractivity contribution in [1.29, 1.82) is 0 Å². The quantitative estimate of drug-likeness (QED) is 0.575. The third kappa shape index (κ3) is 4.94. The summed E-state index contributed by atoms with van der Waals surface area (Å²) in [5, 5.41) is 0. The molecular weight excluding hydrogens is 396 g/mol. The van der Waals surface area contributed by atoms with Crippen molar-refractivity contribution in [3.05, 3.63) is 24.0 Å². The first-order valence-corrected chi connectivity index (χ1v) is 11.1. The maximum Gasteiger partial charge on any atom is 0.307 e. The average Bonchev–Trinajstić information content (AvgIpc) is 3.03. The standard InChI is InChI=1S/C19H28N4O5S/c1-5-22(6-2)29(26,27)14-8-9-16-15(12-14)21-17(23(16)7-3)10-11-18(24)28-13(4)19(20)25/h8-9,12-13H,5-7,10-11H2,1-4H3,(H2,20,25)/t13-/m0/s1. The van der Waals surface area contributed by atoms with E-state index in [1.54, 1.807) is 32.0 Å². The van der Waals surface area contributed by atoms with Crippen LogP contribution in [0.25, 0.3) is 11.0 Å². The van der Waals surface area contributed by atoms with E-state index in [1.807, 2.05) is 11.5 Å². The fourth-order valence-corrected chi connectivity index (χ4v) is 4.58. The number of carbonyl (C=O) groups excluding carboxylic acids is 2. The lowest BCUT2D eigenvalue weighted by molar-refractivity contribution is -0.153. The highest BCUT2D eigenvalue weighted by Gasteiger charge is 2.23. The number of ether oxygens (including phenoxy) is 1. The number of nitrogens with zero attached hydrogens (tertiary/aromatic N) is 3. The summed E-state index contributed by atoms with van der Waals surface area (Å²) in [5.74, 6) is -0.611.